The molecule has 0 aliphatic heterocycles. The van der Waals surface area contributed by atoms with E-state index in [1.807, 2.05) is 0 Å². The van der Waals surface area contributed by atoms with Crippen molar-refractivity contribution in [3.63, 3.8) is 0 Å². The first-order chi connectivity index (χ1) is 21.7. The number of benzene rings is 2. The van der Waals surface area contributed by atoms with Crippen molar-refractivity contribution in [2.45, 2.75) is 57.9 Å². The maximum absolute atomic E-state index is 13.8. The van der Waals surface area contributed by atoms with Crippen LogP contribution in [0.1, 0.15) is 103 Å². The summed E-state index contributed by atoms with van der Waals surface area (Å²) >= 11 is 6.24. The largest absolute Gasteiger partial charge is 0.478 e. The molecule has 1 atom stereocenters. The predicted molar refractivity (Wildman–Crippen MR) is 168 cm³/mol. The lowest BCUT2D eigenvalue weighted by molar-refractivity contribution is 0.0695. The minimum Gasteiger partial charge on any atom is -0.478 e. The second-order valence-electron chi connectivity index (χ2n) is 11.6. The number of carboxylic acid groups (broad SMARTS) is 1. The van der Waals surface area contributed by atoms with Gasteiger partial charge in [-0.3, -0.25) is 14.4 Å². The molecule has 11 nitrogen and oxygen atoms in total. The first kappa shape index (κ1) is 30.3. The number of fused-ring (bicyclic) bond motifs is 2. The normalized spacial score (nSPS) is 16.3. The van der Waals surface area contributed by atoms with E-state index in [1.54, 1.807) is 43.3 Å². The van der Waals surface area contributed by atoms with Crippen LogP contribution >= 0.6 is 11.6 Å². The van der Waals surface area contributed by atoms with Crippen molar-refractivity contribution in [2.24, 2.45) is 5.92 Å². The van der Waals surface area contributed by atoms with Gasteiger partial charge < -0.3 is 21.1 Å². The average Bonchev–Trinajstić information content (AvgIpc) is 3.66. The number of halogens is 1. The monoisotopic (exact) mass is 628 g/mol. The molecule has 4 aromatic rings. The maximum Gasteiger partial charge on any atom is 0.335 e. The maximum atomic E-state index is 13.8. The highest BCUT2D eigenvalue weighted by Crippen LogP contribution is 2.35. The average molecular weight is 629 g/mol. The number of amides is 3. The third-order valence-corrected chi connectivity index (χ3v) is 9.14. The van der Waals surface area contributed by atoms with Gasteiger partial charge >= 0.3 is 5.97 Å². The Labute approximate surface area is 264 Å². The summed E-state index contributed by atoms with van der Waals surface area (Å²) in [4.78, 5) is 56.7. The Morgan fingerprint density at radius 3 is 2.51 bits per heavy atom. The molecule has 2 aromatic heterocycles. The van der Waals surface area contributed by atoms with Crippen molar-refractivity contribution in [2.75, 3.05) is 11.9 Å². The quantitative estimate of drug-likeness (QED) is 0.204. The van der Waals surface area contributed by atoms with Crippen LogP contribution in [0.5, 0.6) is 0 Å². The number of hydrogen-bond donors (Lipinski definition) is 4. The molecule has 2 aromatic carbocycles. The molecule has 0 unspecified atom stereocenters. The molecular formula is C33H33ClN6O5. The highest BCUT2D eigenvalue weighted by Gasteiger charge is 2.30. The topological polar surface area (TPSA) is 155 Å². The minimum atomic E-state index is -0.996. The molecule has 0 bridgehead atoms. The van der Waals surface area contributed by atoms with Crippen molar-refractivity contribution >= 4 is 46.6 Å². The van der Waals surface area contributed by atoms with E-state index < -0.39 is 23.7 Å². The van der Waals surface area contributed by atoms with Crippen LogP contribution < -0.4 is 16.0 Å². The summed E-state index contributed by atoms with van der Waals surface area (Å²) in [5, 5.41) is 22.9. The Morgan fingerprint density at radius 2 is 1.76 bits per heavy atom. The third-order valence-electron chi connectivity index (χ3n) is 8.81. The van der Waals surface area contributed by atoms with Crippen molar-refractivity contribution in [3.05, 3.63) is 92.9 Å². The van der Waals surface area contributed by atoms with Crippen LogP contribution in [0.2, 0.25) is 5.02 Å². The van der Waals surface area contributed by atoms with E-state index in [2.05, 4.69) is 26.0 Å². The molecule has 0 spiro atoms. The number of nitrogens with zero attached hydrogens (tertiary/aromatic N) is 3. The summed E-state index contributed by atoms with van der Waals surface area (Å²) < 4.78 is 1.25. The van der Waals surface area contributed by atoms with E-state index in [9.17, 15) is 24.3 Å². The van der Waals surface area contributed by atoms with Gasteiger partial charge in [-0.2, -0.15) is 5.10 Å². The van der Waals surface area contributed by atoms with Gasteiger partial charge in [-0.05, 0) is 73.4 Å². The smallest absolute Gasteiger partial charge is 0.335 e. The minimum absolute atomic E-state index is 0.00970. The van der Waals surface area contributed by atoms with E-state index in [-0.39, 0.29) is 34.2 Å². The summed E-state index contributed by atoms with van der Waals surface area (Å²) in [6.45, 7) is 2.28. The molecular weight excluding hydrogens is 596 g/mol. The molecule has 2 aliphatic carbocycles. The second-order valence-corrected chi connectivity index (χ2v) is 12.1. The second kappa shape index (κ2) is 12.7. The Bertz CT molecular complexity index is 1830. The molecule has 4 N–H and O–H groups in total. The van der Waals surface area contributed by atoms with Gasteiger partial charge in [-0.15, -0.1) is 0 Å². The highest BCUT2D eigenvalue weighted by molar-refractivity contribution is 6.34. The zero-order valence-corrected chi connectivity index (χ0v) is 25.5. The van der Waals surface area contributed by atoms with Crippen LogP contribution in [0.25, 0.3) is 5.65 Å². The molecule has 6 rings (SSSR count). The first-order valence-electron chi connectivity index (χ1n) is 15.1. The van der Waals surface area contributed by atoms with E-state index in [0.29, 0.717) is 41.6 Å². The zero-order chi connectivity index (χ0) is 31.7. The van der Waals surface area contributed by atoms with Crippen molar-refractivity contribution < 1.29 is 24.3 Å². The van der Waals surface area contributed by atoms with Gasteiger partial charge in [0.15, 0.2) is 5.65 Å². The van der Waals surface area contributed by atoms with Gasteiger partial charge in [-0.1, -0.05) is 49.1 Å². The molecule has 0 saturated heterocycles. The van der Waals surface area contributed by atoms with Gasteiger partial charge in [0, 0.05) is 12.6 Å². The van der Waals surface area contributed by atoms with Gasteiger partial charge in [-0.25, -0.2) is 14.3 Å². The van der Waals surface area contributed by atoms with Crippen molar-refractivity contribution in [1.82, 2.24) is 25.2 Å². The molecule has 12 heteroatoms. The fourth-order valence-corrected chi connectivity index (χ4v) is 6.55. The number of hydrogen-bond acceptors (Lipinski definition) is 6. The molecule has 1 saturated carbocycles. The number of carbonyl (C=O) groups excluding carboxylic acids is 3. The molecule has 0 radical (unpaired) electrons. The predicted octanol–water partition coefficient (Wildman–Crippen LogP) is 5.37. The summed E-state index contributed by atoms with van der Waals surface area (Å²) in [5.74, 6) is -2.12. The summed E-state index contributed by atoms with van der Waals surface area (Å²) in [6, 6.07) is 11.1. The number of para-hydroxylation sites is 1. The fraction of sp³-hybridized carbons (Fsp3) is 0.333. The Hall–Kier alpha value is -4.77. The molecule has 45 heavy (non-hydrogen) atoms. The lowest BCUT2D eigenvalue weighted by atomic mass is 9.89. The van der Waals surface area contributed by atoms with Gasteiger partial charge in [0.25, 0.3) is 17.7 Å². The van der Waals surface area contributed by atoms with Crippen LogP contribution in [0.4, 0.5) is 5.69 Å². The van der Waals surface area contributed by atoms with Crippen LogP contribution in [0.15, 0.2) is 48.7 Å². The van der Waals surface area contributed by atoms with E-state index in [4.69, 9.17) is 11.6 Å². The van der Waals surface area contributed by atoms with Gasteiger partial charge in [0.1, 0.15) is 17.0 Å². The molecule has 2 aliphatic rings. The molecule has 232 valence electrons. The fourth-order valence-electron chi connectivity index (χ4n) is 6.37. The number of anilines is 1. The molecule has 2 heterocycles. The van der Waals surface area contributed by atoms with Crippen molar-refractivity contribution in [3.8, 4) is 0 Å². The van der Waals surface area contributed by atoms with E-state index >= 15 is 0 Å². The van der Waals surface area contributed by atoms with E-state index in [0.717, 1.165) is 36.8 Å². The summed E-state index contributed by atoms with van der Waals surface area (Å²) in [7, 11) is 0. The van der Waals surface area contributed by atoms with E-state index in [1.165, 1.54) is 23.2 Å². The molecule has 3 amide bonds. The number of aromatic nitrogens is 3. The zero-order valence-electron chi connectivity index (χ0n) is 24.7. The summed E-state index contributed by atoms with van der Waals surface area (Å²) in [5.41, 5.74) is 3.20. The van der Waals surface area contributed by atoms with Gasteiger partial charge in [0.2, 0.25) is 0 Å². The number of carbonyl (C=O) groups is 4. The van der Waals surface area contributed by atoms with Crippen LogP contribution in [-0.4, -0.2) is 49.9 Å². The van der Waals surface area contributed by atoms with Gasteiger partial charge in [0.05, 0.1) is 28.5 Å². The standard InChI is InChI=1S/C33H33ClN6O5/c1-18-20-13-14-25(22(20)12-11-21(18)33(44)45)38-32(43)28-15-27(31(42)35-16-19-7-3-2-4-8-19)37-29-23(17-36-40(28)29)30(41)39-26-10-6-5-9-24(26)34/h5-6,9-12,15,17,19,25H,2-4,7-8,13-14,16H2,1H3,(H,35,42)(H,38,43)(H,39,41)(H,44,45)/t25-/m0/s1. The first-order valence-corrected chi connectivity index (χ1v) is 15.5. The Kier molecular flexibility index (Phi) is 8.53. The highest BCUT2D eigenvalue weighted by atomic mass is 35.5. The van der Waals surface area contributed by atoms with Crippen LogP contribution in [0.3, 0.4) is 0 Å². The lowest BCUT2D eigenvalue weighted by Crippen LogP contribution is -2.33. The Balaban J connectivity index is 1.32. The Morgan fingerprint density at radius 1 is 0.978 bits per heavy atom. The lowest BCUT2D eigenvalue weighted by Gasteiger charge is -2.21. The molecule has 1 fully saturated rings. The van der Waals surface area contributed by atoms with Crippen molar-refractivity contribution in [1.29, 1.82) is 0 Å². The SMILES string of the molecule is Cc1c(C(=O)O)ccc2c1CC[C@@H]2NC(=O)c1cc(C(=O)NCC2CCCCC2)nc2c(C(=O)Nc3ccccc3Cl)cnn12. The number of aromatic carboxylic acids is 1. The third kappa shape index (κ3) is 6.12. The number of nitrogens with one attached hydrogen (secondary N) is 3. The number of rotatable bonds is 8. The number of carboxylic acids is 1. The summed E-state index contributed by atoms with van der Waals surface area (Å²) in [6.07, 6.45) is 8.06. The van der Waals surface area contributed by atoms with Crippen LogP contribution in [0, 0.1) is 12.8 Å². The van der Waals surface area contributed by atoms with Crippen LogP contribution in [-0.2, 0) is 6.42 Å².